The molecule has 0 atom stereocenters. The normalized spacial score (nSPS) is 9.76. The zero-order chi connectivity index (χ0) is 12.7. The van der Waals surface area contributed by atoms with Crippen molar-refractivity contribution in [2.45, 2.75) is 25.2 Å². The number of ether oxygens (including phenoxy) is 1. The first-order valence-electron chi connectivity index (χ1n) is 5.34. The van der Waals surface area contributed by atoms with Crippen LogP contribution >= 0.6 is 11.9 Å². The molecule has 0 spiro atoms. The summed E-state index contributed by atoms with van der Waals surface area (Å²) in [5.74, 6) is 0.0249. The molecule has 1 amide bonds. The molecule has 5 heteroatoms. The van der Waals surface area contributed by atoms with Crippen LogP contribution in [0.4, 0.5) is 4.79 Å². The van der Waals surface area contributed by atoms with Gasteiger partial charge in [0.1, 0.15) is 0 Å². The smallest absolute Gasteiger partial charge is 0.417 e. The minimum absolute atomic E-state index is 0.0249. The van der Waals surface area contributed by atoms with Crippen LogP contribution in [0.25, 0.3) is 0 Å². The molecule has 1 rings (SSSR count). The largest absolute Gasteiger partial charge is 0.449 e. The summed E-state index contributed by atoms with van der Waals surface area (Å²) in [6.07, 6.45) is 0.346. The number of carbonyl (C=O) groups excluding carboxylic acids is 2. The lowest BCUT2D eigenvalue weighted by Gasteiger charge is -2.05. The van der Waals surface area contributed by atoms with Gasteiger partial charge in [-0.3, -0.25) is 9.52 Å². The molecular formula is C12H15NO3S. The van der Waals surface area contributed by atoms with Gasteiger partial charge in [0.2, 0.25) is 0 Å². The summed E-state index contributed by atoms with van der Waals surface area (Å²) >= 11 is 1.16. The zero-order valence-corrected chi connectivity index (χ0v) is 10.7. The molecule has 92 valence electrons. The van der Waals surface area contributed by atoms with Gasteiger partial charge in [0.15, 0.2) is 5.78 Å². The van der Waals surface area contributed by atoms with Gasteiger partial charge in [0.05, 0.1) is 6.61 Å². The molecule has 0 aliphatic carbocycles. The van der Waals surface area contributed by atoms with E-state index in [2.05, 4.69) is 4.72 Å². The van der Waals surface area contributed by atoms with Crippen LogP contribution < -0.4 is 4.72 Å². The molecule has 1 N–H and O–H groups in total. The monoisotopic (exact) mass is 253 g/mol. The second-order valence-corrected chi connectivity index (χ2v) is 4.30. The van der Waals surface area contributed by atoms with Gasteiger partial charge in [0.25, 0.3) is 0 Å². The number of nitrogens with one attached hydrogen (secondary N) is 1. The van der Waals surface area contributed by atoms with Gasteiger partial charge in [-0.1, -0.05) is 19.1 Å². The standard InChI is InChI=1S/C12H15NO3S/c1-3-8-16-12(15)13-17-11-6-4-10(5-7-11)9(2)14/h4-7H,3,8H2,1-2H3,(H,13,15). The predicted octanol–water partition coefficient (Wildman–Crippen LogP) is 3.03. The first kappa shape index (κ1) is 13.6. The van der Waals surface area contributed by atoms with Crippen molar-refractivity contribution in [3.8, 4) is 0 Å². The van der Waals surface area contributed by atoms with E-state index in [1.165, 1.54) is 6.92 Å². The molecular weight excluding hydrogens is 238 g/mol. The second kappa shape index (κ2) is 6.96. The molecule has 4 nitrogen and oxygen atoms in total. The molecule has 1 aromatic carbocycles. The molecule has 1 aromatic rings. The molecule has 0 bridgehead atoms. The Kier molecular flexibility index (Phi) is 5.56. The SMILES string of the molecule is CCCOC(=O)NSc1ccc(C(C)=O)cc1. The van der Waals surface area contributed by atoms with Gasteiger partial charge in [-0.25, -0.2) is 4.79 Å². The quantitative estimate of drug-likeness (QED) is 0.647. The summed E-state index contributed by atoms with van der Waals surface area (Å²) < 4.78 is 7.40. The van der Waals surface area contributed by atoms with Crippen molar-refractivity contribution in [3.63, 3.8) is 0 Å². The number of rotatable bonds is 5. The van der Waals surface area contributed by atoms with Crippen molar-refractivity contribution in [2.75, 3.05) is 6.61 Å². The van der Waals surface area contributed by atoms with Gasteiger partial charge in [-0.2, -0.15) is 0 Å². The Hall–Kier alpha value is -1.49. The maximum absolute atomic E-state index is 11.1. The molecule has 0 saturated heterocycles. The van der Waals surface area contributed by atoms with E-state index in [9.17, 15) is 9.59 Å². The fraction of sp³-hybridized carbons (Fsp3) is 0.333. The number of benzene rings is 1. The summed E-state index contributed by atoms with van der Waals surface area (Å²) in [5, 5.41) is 0. The lowest BCUT2D eigenvalue weighted by Crippen LogP contribution is -2.17. The third kappa shape index (κ3) is 4.91. The summed E-state index contributed by atoms with van der Waals surface area (Å²) in [6.45, 7) is 3.86. The Balaban J connectivity index is 2.42. The number of Topliss-reactive ketones (excluding diaryl/α,β-unsaturated/α-hetero) is 1. The Bertz CT molecular complexity index is 389. The molecule has 0 unspecified atom stereocenters. The van der Waals surface area contributed by atoms with E-state index in [1.807, 2.05) is 6.92 Å². The van der Waals surface area contributed by atoms with Crippen molar-refractivity contribution in [2.24, 2.45) is 0 Å². The number of carbonyl (C=O) groups is 2. The van der Waals surface area contributed by atoms with Crippen LogP contribution in [0, 0.1) is 0 Å². The lowest BCUT2D eigenvalue weighted by molar-refractivity contribution is 0.101. The maximum Gasteiger partial charge on any atom is 0.417 e. The van der Waals surface area contributed by atoms with Crippen molar-refractivity contribution in [1.29, 1.82) is 0 Å². The second-order valence-electron chi connectivity index (χ2n) is 3.42. The average molecular weight is 253 g/mol. The number of amides is 1. The van der Waals surface area contributed by atoms with Crippen LogP contribution in [0.1, 0.15) is 30.6 Å². The molecule has 0 aliphatic heterocycles. The fourth-order valence-corrected chi connectivity index (χ4v) is 1.61. The van der Waals surface area contributed by atoms with Gasteiger partial charge in [-0.05, 0) is 37.4 Å². The fourth-order valence-electron chi connectivity index (χ4n) is 1.08. The van der Waals surface area contributed by atoms with Crippen LogP contribution in [-0.4, -0.2) is 18.5 Å². The first-order chi connectivity index (χ1) is 8.13. The Labute approximate surface area is 105 Å². The summed E-state index contributed by atoms with van der Waals surface area (Å²) in [5.41, 5.74) is 0.655. The van der Waals surface area contributed by atoms with E-state index in [0.29, 0.717) is 12.2 Å². The van der Waals surface area contributed by atoms with E-state index in [1.54, 1.807) is 24.3 Å². The van der Waals surface area contributed by atoms with Crippen LogP contribution in [0.2, 0.25) is 0 Å². The van der Waals surface area contributed by atoms with E-state index in [0.717, 1.165) is 23.3 Å². The van der Waals surface area contributed by atoms with Crippen LogP contribution in [0.5, 0.6) is 0 Å². The van der Waals surface area contributed by atoms with Crippen LogP contribution in [0.3, 0.4) is 0 Å². The van der Waals surface area contributed by atoms with Crippen LogP contribution in [-0.2, 0) is 4.74 Å². The molecule has 0 fully saturated rings. The topological polar surface area (TPSA) is 55.4 Å². The van der Waals surface area contributed by atoms with Crippen molar-refractivity contribution < 1.29 is 14.3 Å². The molecule has 0 radical (unpaired) electrons. The Morgan fingerprint density at radius 2 is 1.94 bits per heavy atom. The molecule has 0 aromatic heterocycles. The molecule has 17 heavy (non-hydrogen) atoms. The number of hydrogen-bond acceptors (Lipinski definition) is 4. The van der Waals surface area contributed by atoms with Crippen molar-refractivity contribution >= 4 is 23.8 Å². The maximum atomic E-state index is 11.1. The van der Waals surface area contributed by atoms with E-state index in [4.69, 9.17) is 4.74 Å². The van der Waals surface area contributed by atoms with E-state index in [-0.39, 0.29) is 5.78 Å². The number of hydrogen-bond donors (Lipinski definition) is 1. The average Bonchev–Trinajstić information content (AvgIpc) is 2.34. The molecule has 0 heterocycles. The van der Waals surface area contributed by atoms with Crippen molar-refractivity contribution in [3.05, 3.63) is 29.8 Å². The minimum Gasteiger partial charge on any atom is -0.449 e. The highest BCUT2D eigenvalue weighted by atomic mass is 32.2. The third-order valence-electron chi connectivity index (χ3n) is 1.95. The Morgan fingerprint density at radius 3 is 2.47 bits per heavy atom. The summed E-state index contributed by atoms with van der Waals surface area (Å²) in [7, 11) is 0. The summed E-state index contributed by atoms with van der Waals surface area (Å²) in [4.78, 5) is 23.0. The van der Waals surface area contributed by atoms with E-state index < -0.39 is 6.09 Å². The molecule has 0 saturated carbocycles. The highest BCUT2D eigenvalue weighted by Gasteiger charge is 2.03. The number of ketones is 1. The van der Waals surface area contributed by atoms with Crippen molar-refractivity contribution in [1.82, 2.24) is 4.72 Å². The zero-order valence-electron chi connectivity index (χ0n) is 9.86. The summed E-state index contributed by atoms with van der Waals surface area (Å²) in [6, 6.07) is 7.01. The van der Waals surface area contributed by atoms with Gasteiger partial charge in [0, 0.05) is 10.5 Å². The van der Waals surface area contributed by atoms with E-state index >= 15 is 0 Å². The van der Waals surface area contributed by atoms with Gasteiger partial charge < -0.3 is 4.74 Å². The van der Waals surface area contributed by atoms with Crippen LogP contribution in [0.15, 0.2) is 29.2 Å². The lowest BCUT2D eigenvalue weighted by atomic mass is 10.2. The Morgan fingerprint density at radius 1 is 1.29 bits per heavy atom. The predicted molar refractivity (Wildman–Crippen MR) is 67.1 cm³/mol. The molecule has 0 aliphatic rings. The first-order valence-corrected chi connectivity index (χ1v) is 6.15. The highest BCUT2D eigenvalue weighted by Crippen LogP contribution is 2.15. The minimum atomic E-state index is -0.451. The highest BCUT2D eigenvalue weighted by molar-refractivity contribution is 7.98. The third-order valence-corrected chi connectivity index (χ3v) is 2.73. The van der Waals surface area contributed by atoms with Gasteiger partial charge >= 0.3 is 6.09 Å². The van der Waals surface area contributed by atoms with Gasteiger partial charge in [-0.15, -0.1) is 0 Å².